The smallest absolute Gasteiger partial charge is 0.332 e. The van der Waals surface area contributed by atoms with Crippen molar-refractivity contribution in [3.63, 3.8) is 0 Å². The molecule has 2 rings (SSSR count). The number of rotatable bonds is 3. The number of anilines is 1. The summed E-state index contributed by atoms with van der Waals surface area (Å²) in [6.07, 6.45) is 0. The molecule has 1 aromatic rings. The molecule has 0 spiro atoms. The molecule has 0 bridgehead atoms. The fourth-order valence-corrected chi connectivity index (χ4v) is 2.51. The summed E-state index contributed by atoms with van der Waals surface area (Å²) >= 11 is 0. The molecule has 1 saturated heterocycles. The Kier molecular flexibility index (Phi) is 4.45. The zero-order valence-electron chi connectivity index (χ0n) is 14.2. The second-order valence-electron chi connectivity index (χ2n) is 6.89. The first kappa shape index (κ1) is 17.0. The van der Waals surface area contributed by atoms with Gasteiger partial charge in [-0.15, -0.1) is 0 Å². The molecule has 0 radical (unpaired) electrons. The van der Waals surface area contributed by atoms with E-state index in [0.29, 0.717) is 5.69 Å². The maximum Gasteiger partial charge on any atom is 0.332 e. The summed E-state index contributed by atoms with van der Waals surface area (Å²) < 4.78 is 0. The molecule has 6 nitrogen and oxygen atoms in total. The van der Waals surface area contributed by atoms with Crippen LogP contribution in [0, 0.1) is 6.92 Å². The van der Waals surface area contributed by atoms with Crippen LogP contribution in [-0.4, -0.2) is 40.9 Å². The number of carbonyl (C=O) groups is 3. The van der Waals surface area contributed by atoms with Crippen molar-refractivity contribution in [1.29, 1.82) is 0 Å². The first-order valence-corrected chi connectivity index (χ1v) is 7.62. The molecule has 0 aliphatic carbocycles. The van der Waals surface area contributed by atoms with Crippen LogP contribution in [0.5, 0.6) is 0 Å². The molecular formula is C17H23N3O3. The summed E-state index contributed by atoms with van der Waals surface area (Å²) in [5.41, 5.74) is 1.31. The highest BCUT2D eigenvalue weighted by atomic mass is 16.2. The van der Waals surface area contributed by atoms with E-state index in [1.54, 1.807) is 19.1 Å². The lowest BCUT2D eigenvalue weighted by atomic mass is 10.1. The van der Waals surface area contributed by atoms with E-state index >= 15 is 0 Å². The summed E-state index contributed by atoms with van der Waals surface area (Å²) in [5, 5.41) is 2.76. The van der Waals surface area contributed by atoms with Gasteiger partial charge in [0.05, 0.1) is 0 Å². The van der Waals surface area contributed by atoms with Gasteiger partial charge < -0.3 is 5.32 Å². The molecule has 124 valence electrons. The lowest BCUT2D eigenvalue weighted by Crippen LogP contribution is -2.47. The predicted octanol–water partition coefficient (Wildman–Crippen LogP) is 2.07. The quantitative estimate of drug-likeness (QED) is 0.868. The van der Waals surface area contributed by atoms with E-state index in [1.165, 1.54) is 4.90 Å². The second kappa shape index (κ2) is 6.02. The molecule has 6 heteroatoms. The molecule has 1 aliphatic rings. The monoisotopic (exact) mass is 317 g/mol. The summed E-state index contributed by atoms with van der Waals surface area (Å²) in [7, 11) is 0. The van der Waals surface area contributed by atoms with E-state index < -0.39 is 17.6 Å². The van der Waals surface area contributed by atoms with Crippen molar-refractivity contribution in [2.45, 2.75) is 46.2 Å². The normalized spacial score (nSPS) is 18.6. The standard InChI is InChI=1S/C17H23N3O3/c1-11-6-8-13(9-7-11)20-12(2)15(22)19(16(20)23)10-14(21)18-17(3,4)5/h6-9,12H,10H2,1-5H3,(H,18,21). The van der Waals surface area contributed by atoms with Gasteiger partial charge in [0.2, 0.25) is 5.91 Å². The molecule has 0 saturated carbocycles. The largest absolute Gasteiger partial charge is 0.350 e. The Morgan fingerprint density at radius 2 is 1.74 bits per heavy atom. The highest BCUT2D eigenvalue weighted by molar-refractivity contribution is 6.15. The highest BCUT2D eigenvalue weighted by Crippen LogP contribution is 2.25. The molecule has 1 aromatic carbocycles. The van der Waals surface area contributed by atoms with Crippen molar-refractivity contribution < 1.29 is 14.4 Å². The number of urea groups is 1. The summed E-state index contributed by atoms with van der Waals surface area (Å²) in [4.78, 5) is 39.4. The van der Waals surface area contributed by atoms with Crippen molar-refractivity contribution >= 4 is 23.5 Å². The lowest BCUT2D eigenvalue weighted by Gasteiger charge is -2.22. The predicted molar refractivity (Wildman–Crippen MR) is 88.1 cm³/mol. The molecule has 1 unspecified atom stereocenters. The Bertz CT molecular complexity index is 631. The van der Waals surface area contributed by atoms with Crippen LogP contribution in [0.1, 0.15) is 33.3 Å². The van der Waals surface area contributed by atoms with Crippen molar-refractivity contribution in [3.05, 3.63) is 29.8 Å². The van der Waals surface area contributed by atoms with Crippen molar-refractivity contribution in [2.75, 3.05) is 11.4 Å². The maximum atomic E-state index is 12.6. The number of amides is 4. The molecule has 1 atom stereocenters. The SMILES string of the molecule is Cc1ccc(N2C(=O)N(CC(=O)NC(C)(C)C)C(=O)C2C)cc1. The molecular weight excluding hydrogens is 294 g/mol. The van der Waals surface area contributed by atoms with E-state index in [1.807, 2.05) is 39.8 Å². The Labute approximate surface area is 136 Å². The van der Waals surface area contributed by atoms with Crippen LogP contribution in [0.25, 0.3) is 0 Å². The number of nitrogens with zero attached hydrogens (tertiary/aromatic N) is 2. The van der Waals surface area contributed by atoms with E-state index in [2.05, 4.69) is 5.32 Å². The number of nitrogens with one attached hydrogen (secondary N) is 1. The van der Waals surface area contributed by atoms with Crippen molar-refractivity contribution in [3.8, 4) is 0 Å². The minimum Gasteiger partial charge on any atom is -0.350 e. The van der Waals surface area contributed by atoms with Gasteiger partial charge in [-0.2, -0.15) is 0 Å². The van der Waals surface area contributed by atoms with Gasteiger partial charge in [-0.1, -0.05) is 17.7 Å². The minimum atomic E-state index is -0.618. The van der Waals surface area contributed by atoms with Crippen LogP contribution in [-0.2, 0) is 9.59 Å². The highest BCUT2D eigenvalue weighted by Gasteiger charge is 2.44. The fraction of sp³-hybridized carbons (Fsp3) is 0.471. The maximum absolute atomic E-state index is 12.6. The average molecular weight is 317 g/mol. The molecule has 23 heavy (non-hydrogen) atoms. The zero-order valence-corrected chi connectivity index (χ0v) is 14.2. The minimum absolute atomic E-state index is 0.262. The van der Waals surface area contributed by atoms with Gasteiger partial charge >= 0.3 is 6.03 Å². The van der Waals surface area contributed by atoms with E-state index in [9.17, 15) is 14.4 Å². The van der Waals surface area contributed by atoms with Crippen LogP contribution in [0.15, 0.2) is 24.3 Å². The van der Waals surface area contributed by atoms with Gasteiger partial charge in [-0.05, 0) is 46.8 Å². The summed E-state index contributed by atoms with van der Waals surface area (Å²) in [5.74, 6) is -0.711. The molecule has 1 N–H and O–H groups in total. The van der Waals surface area contributed by atoms with Gasteiger partial charge in [-0.3, -0.25) is 19.4 Å². The average Bonchev–Trinajstić information content (AvgIpc) is 2.62. The molecule has 1 fully saturated rings. The van der Waals surface area contributed by atoms with Crippen LogP contribution in [0.4, 0.5) is 10.5 Å². The first-order chi connectivity index (χ1) is 10.6. The Balaban J connectivity index is 2.18. The first-order valence-electron chi connectivity index (χ1n) is 7.62. The van der Waals surface area contributed by atoms with Gasteiger partial charge in [0, 0.05) is 11.2 Å². The fourth-order valence-electron chi connectivity index (χ4n) is 2.51. The Morgan fingerprint density at radius 1 is 1.17 bits per heavy atom. The molecule has 1 aliphatic heterocycles. The number of imide groups is 1. The van der Waals surface area contributed by atoms with Crippen LogP contribution in [0.2, 0.25) is 0 Å². The van der Waals surface area contributed by atoms with Crippen molar-refractivity contribution in [1.82, 2.24) is 10.2 Å². The third-order valence-corrected chi connectivity index (χ3v) is 3.58. The van der Waals surface area contributed by atoms with Crippen LogP contribution in [0.3, 0.4) is 0 Å². The number of aryl methyl sites for hydroxylation is 1. The number of carbonyl (C=O) groups excluding carboxylic acids is 3. The Hall–Kier alpha value is -2.37. The van der Waals surface area contributed by atoms with Crippen LogP contribution >= 0.6 is 0 Å². The van der Waals surface area contributed by atoms with Gasteiger partial charge in [0.15, 0.2) is 0 Å². The summed E-state index contributed by atoms with van der Waals surface area (Å²) in [6.45, 7) is 8.90. The summed E-state index contributed by atoms with van der Waals surface area (Å²) in [6, 6.07) is 6.29. The zero-order chi connectivity index (χ0) is 17.4. The lowest BCUT2D eigenvalue weighted by molar-refractivity contribution is -0.132. The van der Waals surface area contributed by atoms with Crippen LogP contribution < -0.4 is 10.2 Å². The molecule has 0 aromatic heterocycles. The van der Waals surface area contributed by atoms with E-state index in [-0.39, 0.29) is 18.4 Å². The van der Waals surface area contributed by atoms with Gasteiger partial charge in [0.25, 0.3) is 5.91 Å². The number of hydrogen-bond donors (Lipinski definition) is 1. The molecule has 4 amide bonds. The van der Waals surface area contributed by atoms with Crippen molar-refractivity contribution in [2.24, 2.45) is 0 Å². The van der Waals surface area contributed by atoms with Gasteiger partial charge in [0.1, 0.15) is 12.6 Å². The van der Waals surface area contributed by atoms with E-state index in [4.69, 9.17) is 0 Å². The molecule has 1 heterocycles. The third kappa shape index (κ3) is 3.70. The Morgan fingerprint density at radius 3 is 2.26 bits per heavy atom. The third-order valence-electron chi connectivity index (χ3n) is 3.58. The number of hydrogen-bond acceptors (Lipinski definition) is 3. The van der Waals surface area contributed by atoms with Gasteiger partial charge in [-0.25, -0.2) is 4.79 Å². The topological polar surface area (TPSA) is 69.7 Å². The van der Waals surface area contributed by atoms with E-state index in [0.717, 1.165) is 10.5 Å². The second-order valence-corrected chi connectivity index (χ2v) is 6.89. The number of benzene rings is 1.